The van der Waals surface area contributed by atoms with E-state index in [1.807, 2.05) is 31.2 Å². The van der Waals surface area contributed by atoms with Crippen molar-refractivity contribution in [3.63, 3.8) is 0 Å². The molecular formula is C18H18BrN7O2S. The molecule has 1 fully saturated rings. The Morgan fingerprint density at radius 1 is 1.24 bits per heavy atom. The van der Waals surface area contributed by atoms with Gasteiger partial charge in [0.25, 0.3) is 5.91 Å². The van der Waals surface area contributed by atoms with Gasteiger partial charge in [-0.05, 0) is 38.0 Å². The summed E-state index contributed by atoms with van der Waals surface area (Å²) >= 11 is 4.72. The number of hydrogen-bond acceptors (Lipinski definition) is 7. The van der Waals surface area contributed by atoms with Crippen LogP contribution in [0.1, 0.15) is 29.0 Å². The molecule has 11 heteroatoms. The lowest BCUT2D eigenvalue weighted by Gasteiger charge is -2.30. The lowest BCUT2D eigenvalue weighted by molar-refractivity contribution is -0.121. The molecule has 1 aromatic carbocycles. The molecule has 1 aliphatic rings. The van der Waals surface area contributed by atoms with Crippen molar-refractivity contribution in [2.45, 2.75) is 19.8 Å². The third kappa shape index (κ3) is 4.20. The van der Waals surface area contributed by atoms with E-state index >= 15 is 0 Å². The van der Waals surface area contributed by atoms with Crippen LogP contribution < -0.4 is 5.32 Å². The molecule has 0 spiro atoms. The zero-order valence-corrected chi connectivity index (χ0v) is 18.0. The van der Waals surface area contributed by atoms with E-state index in [2.05, 4.69) is 41.8 Å². The van der Waals surface area contributed by atoms with Crippen LogP contribution in [0, 0.1) is 12.8 Å². The molecule has 0 radical (unpaired) electrons. The van der Waals surface area contributed by atoms with E-state index in [4.69, 9.17) is 0 Å². The fraction of sp³-hybridized carbons (Fsp3) is 0.333. The Bertz CT molecular complexity index is 1030. The number of anilines is 1. The number of halogens is 1. The molecule has 4 rings (SSSR count). The van der Waals surface area contributed by atoms with E-state index in [0.717, 1.165) is 10.2 Å². The summed E-state index contributed by atoms with van der Waals surface area (Å²) in [7, 11) is 0. The van der Waals surface area contributed by atoms with Crippen molar-refractivity contribution < 1.29 is 9.59 Å². The van der Waals surface area contributed by atoms with Gasteiger partial charge in [0.2, 0.25) is 11.0 Å². The molecule has 0 aliphatic carbocycles. The normalized spacial score (nSPS) is 14.8. The summed E-state index contributed by atoms with van der Waals surface area (Å²) in [4.78, 5) is 27.0. The van der Waals surface area contributed by atoms with Crippen molar-refractivity contribution in [1.29, 1.82) is 0 Å². The first-order valence-corrected chi connectivity index (χ1v) is 10.7. The van der Waals surface area contributed by atoms with E-state index < -0.39 is 0 Å². The number of hydrogen-bond donors (Lipinski definition) is 1. The van der Waals surface area contributed by atoms with Crippen LogP contribution in [0.2, 0.25) is 0 Å². The van der Waals surface area contributed by atoms with Gasteiger partial charge in [0, 0.05) is 23.5 Å². The minimum Gasteiger partial charge on any atom is -0.337 e. The molecule has 2 aromatic heterocycles. The first-order chi connectivity index (χ1) is 14.0. The highest BCUT2D eigenvalue weighted by Gasteiger charge is 2.30. The first kappa shape index (κ1) is 19.6. The standard InChI is InChI=1S/C18H18BrN7O2S/c1-11-15(22-24-26(11)14-4-2-3-13(19)9-14)17(28)25-7-5-12(6-8-25)16(27)21-18-23-20-10-29-18/h2-4,9-10,12H,5-8H2,1H3,(H,21,23,27). The Hall–Kier alpha value is -2.66. The van der Waals surface area contributed by atoms with Crippen molar-refractivity contribution in [3.05, 3.63) is 45.6 Å². The van der Waals surface area contributed by atoms with Crippen LogP contribution in [0.25, 0.3) is 5.69 Å². The molecule has 29 heavy (non-hydrogen) atoms. The largest absolute Gasteiger partial charge is 0.337 e. The number of nitrogens with zero attached hydrogens (tertiary/aromatic N) is 6. The van der Waals surface area contributed by atoms with E-state index in [0.29, 0.717) is 42.5 Å². The molecule has 3 heterocycles. The minimum absolute atomic E-state index is 0.0781. The van der Waals surface area contributed by atoms with Crippen LogP contribution in [-0.4, -0.2) is 55.0 Å². The second-order valence-corrected chi connectivity index (χ2v) is 8.46. The minimum atomic E-state index is -0.160. The monoisotopic (exact) mass is 475 g/mol. The fourth-order valence-corrected chi connectivity index (χ4v) is 4.14. The van der Waals surface area contributed by atoms with Gasteiger partial charge < -0.3 is 10.2 Å². The first-order valence-electron chi connectivity index (χ1n) is 9.07. The molecule has 0 bridgehead atoms. The number of likely N-dealkylation sites (tertiary alicyclic amines) is 1. The van der Waals surface area contributed by atoms with E-state index in [1.54, 1.807) is 15.1 Å². The zero-order valence-electron chi connectivity index (χ0n) is 15.6. The van der Waals surface area contributed by atoms with E-state index in [1.165, 1.54) is 11.3 Å². The van der Waals surface area contributed by atoms with Gasteiger partial charge in [-0.25, -0.2) is 4.68 Å². The second-order valence-electron chi connectivity index (χ2n) is 6.71. The summed E-state index contributed by atoms with van der Waals surface area (Å²) in [6.07, 6.45) is 1.18. The number of benzene rings is 1. The van der Waals surface area contributed by atoms with Gasteiger partial charge in [0.05, 0.1) is 11.4 Å². The maximum atomic E-state index is 12.9. The predicted molar refractivity (Wildman–Crippen MR) is 111 cm³/mol. The van der Waals surface area contributed by atoms with Crippen molar-refractivity contribution in [3.8, 4) is 5.69 Å². The molecule has 150 valence electrons. The molecule has 2 amide bonds. The van der Waals surface area contributed by atoms with Gasteiger partial charge >= 0.3 is 0 Å². The summed E-state index contributed by atoms with van der Waals surface area (Å²) in [5.74, 6) is -0.390. The van der Waals surface area contributed by atoms with Crippen molar-refractivity contribution >= 4 is 44.2 Å². The van der Waals surface area contributed by atoms with Crippen molar-refractivity contribution in [1.82, 2.24) is 30.1 Å². The summed E-state index contributed by atoms with van der Waals surface area (Å²) in [5.41, 5.74) is 3.42. The molecular weight excluding hydrogens is 458 g/mol. The number of piperidine rings is 1. The number of rotatable bonds is 4. The van der Waals surface area contributed by atoms with Crippen LogP contribution in [0.4, 0.5) is 5.13 Å². The Balaban J connectivity index is 1.40. The molecule has 3 aromatic rings. The maximum absolute atomic E-state index is 12.9. The quantitative estimate of drug-likeness (QED) is 0.621. The average Bonchev–Trinajstić information content (AvgIpc) is 3.37. The smallest absolute Gasteiger partial charge is 0.276 e. The number of amides is 2. The Morgan fingerprint density at radius 3 is 2.72 bits per heavy atom. The van der Waals surface area contributed by atoms with Crippen LogP contribution in [-0.2, 0) is 4.79 Å². The van der Waals surface area contributed by atoms with Crippen LogP contribution >= 0.6 is 27.3 Å². The van der Waals surface area contributed by atoms with Gasteiger partial charge in [-0.15, -0.1) is 15.3 Å². The highest BCUT2D eigenvalue weighted by Crippen LogP contribution is 2.23. The topological polar surface area (TPSA) is 106 Å². The zero-order chi connectivity index (χ0) is 20.4. The molecule has 1 saturated heterocycles. The van der Waals surface area contributed by atoms with Gasteiger partial charge in [0.1, 0.15) is 5.51 Å². The number of aromatic nitrogens is 5. The fourth-order valence-electron chi connectivity index (χ4n) is 3.31. The van der Waals surface area contributed by atoms with Crippen LogP contribution in [0.5, 0.6) is 0 Å². The average molecular weight is 476 g/mol. The molecule has 0 atom stereocenters. The third-order valence-electron chi connectivity index (χ3n) is 4.89. The Morgan fingerprint density at radius 2 is 2.03 bits per heavy atom. The third-order valence-corrected chi connectivity index (χ3v) is 5.99. The number of nitrogens with one attached hydrogen (secondary N) is 1. The van der Waals surface area contributed by atoms with Crippen molar-refractivity contribution in [2.75, 3.05) is 18.4 Å². The van der Waals surface area contributed by atoms with E-state index in [-0.39, 0.29) is 17.7 Å². The predicted octanol–water partition coefficient (Wildman–Crippen LogP) is 2.68. The lowest BCUT2D eigenvalue weighted by Crippen LogP contribution is -2.41. The summed E-state index contributed by atoms with van der Waals surface area (Å²) in [6, 6.07) is 7.65. The van der Waals surface area contributed by atoms with E-state index in [9.17, 15) is 9.59 Å². The Labute approximate surface area is 179 Å². The summed E-state index contributed by atoms with van der Waals surface area (Å²) in [5, 5.41) is 19.1. The SMILES string of the molecule is Cc1c(C(=O)N2CCC(C(=O)Nc3nncs3)CC2)nnn1-c1cccc(Br)c1. The molecule has 0 unspecified atom stereocenters. The number of carbonyl (C=O) groups excluding carboxylic acids is 2. The van der Waals surface area contributed by atoms with Gasteiger partial charge in [-0.2, -0.15) is 0 Å². The highest BCUT2D eigenvalue weighted by molar-refractivity contribution is 9.10. The van der Waals surface area contributed by atoms with Gasteiger partial charge in [0.15, 0.2) is 5.69 Å². The Kier molecular flexibility index (Phi) is 5.67. The molecule has 1 aliphatic heterocycles. The summed E-state index contributed by atoms with van der Waals surface area (Å²) in [6.45, 7) is 2.82. The molecule has 9 nitrogen and oxygen atoms in total. The lowest BCUT2D eigenvalue weighted by atomic mass is 9.95. The summed E-state index contributed by atoms with van der Waals surface area (Å²) < 4.78 is 2.58. The molecule has 1 N–H and O–H groups in total. The van der Waals surface area contributed by atoms with Crippen LogP contribution in [0.15, 0.2) is 34.2 Å². The van der Waals surface area contributed by atoms with Gasteiger partial charge in [-0.1, -0.05) is 38.5 Å². The highest BCUT2D eigenvalue weighted by atomic mass is 79.9. The van der Waals surface area contributed by atoms with Gasteiger partial charge in [-0.3, -0.25) is 9.59 Å². The maximum Gasteiger partial charge on any atom is 0.276 e. The van der Waals surface area contributed by atoms with Crippen LogP contribution in [0.3, 0.4) is 0 Å². The number of carbonyl (C=O) groups is 2. The molecule has 0 saturated carbocycles. The van der Waals surface area contributed by atoms with Crippen molar-refractivity contribution in [2.24, 2.45) is 5.92 Å². The second kappa shape index (κ2) is 8.37.